The van der Waals surface area contributed by atoms with Crippen LogP contribution in [0.15, 0.2) is 12.3 Å². The molecule has 0 spiro atoms. The van der Waals surface area contributed by atoms with Gasteiger partial charge >= 0.3 is 0 Å². The highest BCUT2D eigenvalue weighted by molar-refractivity contribution is 5.95. The molecular weight excluding hydrogens is 218 g/mol. The van der Waals surface area contributed by atoms with Crippen molar-refractivity contribution in [2.24, 2.45) is 0 Å². The molecule has 1 fully saturated rings. The van der Waals surface area contributed by atoms with Crippen molar-refractivity contribution in [3.05, 3.63) is 23.5 Å². The van der Waals surface area contributed by atoms with Crippen LogP contribution in [0.2, 0.25) is 0 Å². The van der Waals surface area contributed by atoms with Crippen LogP contribution in [0, 0.1) is 6.92 Å². The van der Waals surface area contributed by atoms with Crippen molar-refractivity contribution in [3.8, 4) is 0 Å². The highest BCUT2D eigenvalue weighted by Gasteiger charge is 2.12. The maximum atomic E-state index is 11.8. The Morgan fingerprint density at radius 1 is 1.53 bits per heavy atom. The molecule has 94 valence electrons. The summed E-state index contributed by atoms with van der Waals surface area (Å²) in [6, 6.07) is 1.80. The van der Waals surface area contributed by atoms with Crippen LogP contribution in [0.3, 0.4) is 0 Å². The zero-order chi connectivity index (χ0) is 12.1. The van der Waals surface area contributed by atoms with Gasteiger partial charge in [-0.2, -0.15) is 0 Å². The molecule has 1 aromatic heterocycles. The van der Waals surface area contributed by atoms with Gasteiger partial charge in [0.25, 0.3) is 5.91 Å². The number of hydrogen-bond acceptors (Lipinski definition) is 3. The molecule has 2 rings (SSSR count). The van der Waals surface area contributed by atoms with Gasteiger partial charge in [-0.1, -0.05) is 0 Å². The number of nitrogens with zero attached hydrogens (tertiary/aromatic N) is 1. The summed E-state index contributed by atoms with van der Waals surface area (Å²) < 4.78 is 5.27. The van der Waals surface area contributed by atoms with E-state index in [9.17, 15) is 4.79 Å². The number of H-pyrrole nitrogens is 1. The molecule has 0 unspecified atom stereocenters. The minimum Gasteiger partial charge on any atom is -0.379 e. The quantitative estimate of drug-likeness (QED) is 0.796. The van der Waals surface area contributed by atoms with Crippen LogP contribution in [0.25, 0.3) is 0 Å². The molecule has 1 saturated heterocycles. The SMILES string of the molecule is Cc1[nH]ccc1C(=O)NCCN1CCOCC1. The van der Waals surface area contributed by atoms with Crippen LogP contribution in [-0.2, 0) is 4.74 Å². The van der Waals surface area contributed by atoms with Gasteiger partial charge in [0.2, 0.25) is 0 Å². The highest BCUT2D eigenvalue weighted by atomic mass is 16.5. The van der Waals surface area contributed by atoms with Gasteiger partial charge in [0, 0.05) is 38.1 Å². The Bertz CT molecular complexity index is 370. The van der Waals surface area contributed by atoms with Gasteiger partial charge in [-0.3, -0.25) is 9.69 Å². The standard InChI is InChI=1S/C12H19N3O2/c1-10-11(2-3-13-10)12(16)14-4-5-15-6-8-17-9-7-15/h2-3,13H,4-9H2,1H3,(H,14,16). The molecule has 0 saturated carbocycles. The van der Waals surface area contributed by atoms with E-state index in [4.69, 9.17) is 4.74 Å². The number of ether oxygens (including phenoxy) is 1. The highest BCUT2D eigenvalue weighted by Crippen LogP contribution is 2.04. The lowest BCUT2D eigenvalue weighted by atomic mass is 10.2. The Morgan fingerprint density at radius 2 is 2.29 bits per heavy atom. The number of morpholine rings is 1. The third-order valence-corrected chi connectivity index (χ3v) is 3.02. The van der Waals surface area contributed by atoms with Crippen molar-refractivity contribution in [2.45, 2.75) is 6.92 Å². The van der Waals surface area contributed by atoms with Crippen LogP contribution in [-0.4, -0.2) is 55.2 Å². The van der Waals surface area contributed by atoms with Crippen LogP contribution in [0.5, 0.6) is 0 Å². The normalized spacial score (nSPS) is 17.0. The molecule has 1 aliphatic heterocycles. The summed E-state index contributed by atoms with van der Waals surface area (Å²) >= 11 is 0. The predicted octanol–water partition coefficient (Wildman–Crippen LogP) is 0.385. The molecule has 0 atom stereocenters. The number of carbonyl (C=O) groups is 1. The average Bonchev–Trinajstić information content (AvgIpc) is 2.77. The van der Waals surface area contributed by atoms with Gasteiger partial charge in [0.1, 0.15) is 0 Å². The smallest absolute Gasteiger partial charge is 0.253 e. The Labute approximate surface area is 101 Å². The van der Waals surface area contributed by atoms with E-state index in [1.807, 2.05) is 6.92 Å². The molecule has 0 aromatic carbocycles. The van der Waals surface area contributed by atoms with Gasteiger partial charge in [-0.15, -0.1) is 0 Å². The van der Waals surface area contributed by atoms with Gasteiger partial charge < -0.3 is 15.0 Å². The van der Waals surface area contributed by atoms with Crippen LogP contribution in [0.4, 0.5) is 0 Å². The minimum absolute atomic E-state index is 0.00277. The van der Waals surface area contributed by atoms with E-state index >= 15 is 0 Å². The molecule has 5 nitrogen and oxygen atoms in total. The molecule has 2 heterocycles. The summed E-state index contributed by atoms with van der Waals surface area (Å²) in [5.74, 6) is -0.00277. The summed E-state index contributed by atoms with van der Waals surface area (Å²) in [7, 11) is 0. The molecule has 5 heteroatoms. The second-order valence-electron chi connectivity index (χ2n) is 4.23. The van der Waals surface area contributed by atoms with Gasteiger partial charge in [-0.05, 0) is 13.0 Å². The first-order valence-corrected chi connectivity index (χ1v) is 5.99. The lowest BCUT2D eigenvalue weighted by Gasteiger charge is -2.26. The van der Waals surface area contributed by atoms with Crippen molar-refractivity contribution in [3.63, 3.8) is 0 Å². The molecule has 0 bridgehead atoms. The van der Waals surface area contributed by atoms with Crippen molar-refractivity contribution in [2.75, 3.05) is 39.4 Å². The largest absolute Gasteiger partial charge is 0.379 e. The molecule has 1 amide bonds. The molecular formula is C12H19N3O2. The predicted molar refractivity (Wildman–Crippen MR) is 65.1 cm³/mol. The van der Waals surface area contributed by atoms with E-state index in [2.05, 4.69) is 15.2 Å². The van der Waals surface area contributed by atoms with E-state index in [0.29, 0.717) is 6.54 Å². The van der Waals surface area contributed by atoms with E-state index in [1.165, 1.54) is 0 Å². The first-order chi connectivity index (χ1) is 8.27. The van der Waals surface area contributed by atoms with Crippen LogP contribution in [0.1, 0.15) is 16.1 Å². The molecule has 1 aliphatic rings. The summed E-state index contributed by atoms with van der Waals surface area (Å²) in [5, 5.41) is 2.93. The number of aromatic amines is 1. The average molecular weight is 237 g/mol. The van der Waals surface area contributed by atoms with Crippen molar-refractivity contribution in [1.29, 1.82) is 0 Å². The second-order valence-corrected chi connectivity index (χ2v) is 4.23. The Morgan fingerprint density at radius 3 is 2.94 bits per heavy atom. The van der Waals surface area contributed by atoms with Gasteiger partial charge in [0.15, 0.2) is 0 Å². The molecule has 17 heavy (non-hydrogen) atoms. The lowest BCUT2D eigenvalue weighted by Crippen LogP contribution is -2.41. The Balaban J connectivity index is 1.71. The van der Waals surface area contributed by atoms with E-state index in [-0.39, 0.29) is 5.91 Å². The molecule has 0 radical (unpaired) electrons. The van der Waals surface area contributed by atoms with Gasteiger partial charge in [0.05, 0.1) is 18.8 Å². The molecule has 2 N–H and O–H groups in total. The third kappa shape index (κ3) is 3.31. The monoisotopic (exact) mass is 237 g/mol. The zero-order valence-corrected chi connectivity index (χ0v) is 10.2. The van der Waals surface area contributed by atoms with E-state index in [1.54, 1.807) is 12.3 Å². The lowest BCUT2D eigenvalue weighted by molar-refractivity contribution is 0.0383. The third-order valence-electron chi connectivity index (χ3n) is 3.02. The molecule has 0 aliphatic carbocycles. The number of amides is 1. The summed E-state index contributed by atoms with van der Waals surface area (Å²) in [4.78, 5) is 17.1. The van der Waals surface area contributed by atoms with Crippen LogP contribution >= 0.6 is 0 Å². The van der Waals surface area contributed by atoms with Crippen molar-refractivity contribution in [1.82, 2.24) is 15.2 Å². The zero-order valence-electron chi connectivity index (χ0n) is 10.2. The Hall–Kier alpha value is -1.33. The van der Waals surface area contributed by atoms with Crippen LogP contribution < -0.4 is 5.32 Å². The minimum atomic E-state index is -0.00277. The fraction of sp³-hybridized carbons (Fsp3) is 0.583. The maximum absolute atomic E-state index is 11.8. The number of carbonyl (C=O) groups excluding carboxylic acids is 1. The fourth-order valence-corrected chi connectivity index (χ4v) is 1.95. The summed E-state index contributed by atoms with van der Waals surface area (Å²) in [6.07, 6.45) is 1.78. The van der Waals surface area contributed by atoms with E-state index in [0.717, 1.165) is 44.1 Å². The number of hydrogen-bond donors (Lipinski definition) is 2. The number of aromatic nitrogens is 1. The summed E-state index contributed by atoms with van der Waals surface area (Å²) in [5.41, 5.74) is 1.64. The number of aryl methyl sites for hydroxylation is 1. The van der Waals surface area contributed by atoms with E-state index < -0.39 is 0 Å². The first kappa shape index (κ1) is 12.1. The maximum Gasteiger partial charge on any atom is 0.253 e. The fourth-order valence-electron chi connectivity index (χ4n) is 1.95. The second kappa shape index (κ2) is 5.84. The van der Waals surface area contributed by atoms with Crippen molar-refractivity contribution < 1.29 is 9.53 Å². The number of rotatable bonds is 4. The van der Waals surface area contributed by atoms with Crippen molar-refractivity contribution >= 4 is 5.91 Å². The van der Waals surface area contributed by atoms with Gasteiger partial charge in [-0.25, -0.2) is 0 Å². The first-order valence-electron chi connectivity index (χ1n) is 5.99. The number of nitrogens with one attached hydrogen (secondary N) is 2. The summed E-state index contributed by atoms with van der Waals surface area (Å²) in [6.45, 7) is 6.98. The molecule has 1 aromatic rings. The Kier molecular flexibility index (Phi) is 4.17. The topological polar surface area (TPSA) is 57.4 Å².